The smallest absolute Gasteiger partial charge is 0.352 e. The average molecular weight is 307 g/mol. The Morgan fingerprint density at radius 1 is 1.27 bits per heavy atom. The topological polar surface area (TPSA) is 120 Å². The van der Waals surface area contributed by atoms with E-state index in [1.165, 1.54) is 0 Å². The number of carboxylic acids is 1. The average Bonchev–Trinajstić information content (AvgIpc) is 2.86. The third kappa shape index (κ3) is 3.10. The summed E-state index contributed by atoms with van der Waals surface area (Å²) in [6.07, 6.45) is -3.41. The molecule has 0 bridgehead atoms. The highest BCUT2D eigenvalue weighted by molar-refractivity contribution is 5.97. The summed E-state index contributed by atoms with van der Waals surface area (Å²) in [6.45, 7) is 1.79. The number of carboxylic acid groups (broad SMARTS) is 1. The molecular formula is C15H17NO6. The molecule has 0 spiro atoms. The van der Waals surface area contributed by atoms with E-state index in [1.807, 2.05) is 0 Å². The quantitative estimate of drug-likeness (QED) is 0.595. The number of aliphatic hydroxyl groups excluding tert-OH is 2. The lowest BCUT2D eigenvalue weighted by Gasteiger charge is -2.17. The first-order valence-corrected chi connectivity index (χ1v) is 6.81. The molecule has 2 unspecified atom stereocenters. The lowest BCUT2D eigenvalue weighted by molar-refractivity contribution is -0.147. The number of aliphatic hydroxyl groups is 2. The van der Waals surface area contributed by atoms with E-state index in [2.05, 4.69) is 4.98 Å². The number of aromatic carboxylic acids is 1. The number of esters is 1. The van der Waals surface area contributed by atoms with Crippen LogP contribution in [0.25, 0.3) is 10.9 Å². The number of nitrogens with one attached hydrogen (secondary N) is 1. The van der Waals surface area contributed by atoms with Gasteiger partial charge < -0.3 is 25.0 Å². The molecule has 1 aromatic carbocycles. The Morgan fingerprint density at radius 2 is 1.95 bits per heavy atom. The molecule has 2 atom stereocenters. The molecule has 2 rings (SSSR count). The summed E-state index contributed by atoms with van der Waals surface area (Å²) in [6, 6.07) is 6.70. The van der Waals surface area contributed by atoms with Crippen LogP contribution >= 0.6 is 0 Å². The van der Waals surface area contributed by atoms with Crippen molar-refractivity contribution < 1.29 is 29.6 Å². The number of H-pyrrole nitrogens is 1. The second kappa shape index (κ2) is 6.59. The number of ether oxygens (including phenoxy) is 1. The molecule has 0 aliphatic carbocycles. The maximum absolute atomic E-state index is 11.4. The van der Waals surface area contributed by atoms with Crippen molar-refractivity contribution in [1.29, 1.82) is 0 Å². The number of rotatable bonds is 6. The van der Waals surface area contributed by atoms with Gasteiger partial charge in [0.05, 0.1) is 19.1 Å². The molecule has 0 amide bonds. The SMILES string of the molecule is CCOC(=O)CC(O)C(O)c1c(C(=O)O)[nH]c2ccccc12. The van der Waals surface area contributed by atoms with Crippen LogP contribution in [0.15, 0.2) is 24.3 Å². The predicted octanol–water partition coefficient (Wildman–Crippen LogP) is 1.21. The predicted molar refractivity (Wildman–Crippen MR) is 77.5 cm³/mol. The van der Waals surface area contributed by atoms with E-state index in [4.69, 9.17) is 4.74 Å². The van der Waals surface area contributed by atoms with Crippen LogP contribution in [0.4, 0.5) is 0 Å². The second-order valence-electron chi connectivity index (χ2n) is 4.79. The van der Waals surface area contributed by atoms with Crippen LogP contribution in [-0.4, -0.2) is 45.0 Å². The number of hydrogen-bond donors (Lipinski definition) is 4. The number of carbonyl (C=O) groups excluding carboxylic acids is 1. The van der Waals surface area contributed by atoms with Crippen LogP contribution < -0.4 is 0 Å². The minimum atomic E-state index is -1.52. The molecule has 0 saturated heterocycles. The molecule has 1 heterocycles. The first kappa shape index (κ1) is 16.0. The molecular weight excluding hydrogens is 290 g/mol. The Balaban J connectivity index is 2.37. The number of para-hydroxylation sites is 1. The van der Waals surface area contributed by atoms with Gasteiger partial charge in [-0.3, -0.25) is 4.79 Å². The molecule has 7 heteroatoms. The van der Waals surface area contributed by atoms with Gasteiger partial charge in [0.15, 0.2) is 0 Å². The molecule has 0 saturated carbocycles. The largest absolute Gasteiger partial charge is 0.477 e. The summed E-state index contributed by atoms with van der Waals surface area (Å²) >= 11 is 0. The molecule has 7 nitrogen and oxygen atoms in total. The minimum absolute atomic E-state index is 0.0555. The van der Waals surface area contributed by atoms with E-state index in [0.29, 0.717) is 10.9 Å². The zero-order valence-corrected chi connectivity index (χ0v) is 11.9. The summed E-state index contributed by atoms with van der Waals surface area (Å²) < 4.78 is 4.71. The van der Waals surface area contributed by atoms with Gasteiger partial charge in [-0.1, -0.05) is 18.2 Å². The summed E-state index contributed by atoms with van der Waals surface area (Å²) in [4.78, 5) is 25.4. The van der Waals surface area contributed by atoms with Crippen LogP contribution in [0.5, 0.6) is 0 Å². The number of aromatic nitrogens is 1. The van der Waals surface area contributed by atoms with E-state index in [-0.39, 0.29) is 17.9 Å². The standard InChI is InChI=1S/C15H17NO6/c1-2-22-11(18)7-10(17)14(19)12-8-5-3-4-6-9(8)16-13(12)15(20)21/h3-6,10,14,16-17,19H,2,7H2,1H3,(H,20,21). The van der Waals surface area contributed by atoms with Gasteiger partial charge >= 0.3 is 11.9 Å². The highest BCUT2D eigenvalue weighted by Crippen LogP contribution is 2.31. The van der Waals surface area contributed by atoms with Crippen molar-refractivity contribution in [3.05, 3.63) is 35.5 Å². The van der Waals surface area contributed by atoms with Crippen LogP contribution in [0.3, 0.4) is 0 Å². The summed E-state index contributed by atoms with van der Waals surface area (Å²) in [7, 11) is 0. The van der Waals surface area contributed by atoms with Gasteiger partial charge in [0.1, 0.15) is 11.8 Å². The van der Waals surface area contributed by atoms with E-state index < -0.39 is 30.6 Å². The van der Waals surface area contributed by atoms with Gasteiger partial charge in [-0.25, -0.2) is 4.79 Å². The number of fused-ring (bicyclic) bond motifs is 1. The highest BCUT2D eigenvalue weighted by atomic mass is 16.5. The lowest BCUT2D eigenvalue weighted by atomic mass is 9.99. The van der Waals surface area contributed by atoms with Gasteiger partial charge in [-0.2, -0.15) is 0 Å². The van der Waals surface area contributed by atoms with Gasteiger partial charge in [-0.05, 0) is 13.0 Å². The molecule has 0 radical (unpaired) electrons. The van der Waals surface area contributed by atoms with Crippen molar-refractivity contribution in [3.8, 4) is 0 Å². The van der Waals surface area contributed by atoms with E-state index >= 15 is 0 Å². The Labute approximate surface area is 126 Å². The number of hydrogen-bond acceptors (Lipinski definition) is 5. The zero-order chi connectivity index (χ0) is 16.3. The van der Waals surface area contributed by atoms with Crippen molar-refractivity contribution in [3.63, 3.8) is 0 Å². The third-order valence-electron chi connectivity index (χ3n) is 3.30. The van der Waals surface area contributed by atoms with Crippen molar-refractivity contribution in [2.75, 3.05) is 6.61 Å². The Hall–Kier alpha value is -2.38. The van der Waals surface area contributed by atoms with Crippen LogP contribution in [0, 0.1) is 0 Å². The molecule has 4 N–H and O–H groups in total. The van der Waals surface area contributed by atoms with Gasteiger partial charge in [0, 0.05) is 16.5 Å². The van der Waals surface area contributed by atoms with Crippen molar-refractivity contribution in [2.45, 2.75) is 25.6 Å². The normalized spacial score (nSPS) is 13.8. The van der Waals surface area contributed by atoms with Gasteiger partial charge in [-0.15, -0.1) is 0 Å². The molecule has 0 aliphatic heterocycles. The van der Waals surface area contributed by atoms with E-state index in [0.717, 1.165) is 0 Å². The van der Waals surface area contributed by atoms with Crippen molar-refractivity contribution >= 4 is 22.8 Å². The molecule has 0 fully saturated rings. The highest BCUT2D eigenvalue weighted by Gasteiger charge is 2.29. The molecule has 0 aliphatic rings. The molecule has 118 valence electrons. The minimum Gasteiger partial charge on any atom is -0.477 e. The Morgan fingerprint density at radius 3 is 2.59 bits per heavy atom. The number of carbonyl (C=O) groups is 2. The maximum atomic E-state index is 11.4. The lowest BCUT2D eigenvalue weighted by Crippen LogP contribution is -2.24. The summed E-state index contributed by atoms with van der Waals surface area (Å²) in [5.41, 5.74) is 0.369. The monoisotopic (exact) mass is 307 g/mol. The Kier molecular flexibility index (Phi) is 4.79. The van der Waals surface area contributed by atoms with Crippen LogP contribution in [0.1, 0.15) is 35.5 Å². The van der Waals surface area contributed by atoms with Gasteiger partial charge in [0.25, 0.3) is 0 Å². The summed E-state index contributed by atoms with van der Waals surface area (Å²) in [5, 5.41) is 30.0. The number of aromatic amines is 1. The molecule has 1 aromatic heterocycles. The van der Waals surface area contributed by atoms with Crippen LogP contribution in [0.2, 0.25) is 0 Å². The fraction of sp³-hybridized carbons (Fsp3) is 0.333. The first-order valence-electron chi connectivity index (χ1n) is 6.81. The van der Waals surface area contributed by atoms with Gasteiger partial charge in [0.2, 0.25) is 0 Å². The Bertz CT molecular complexity index is 692. The fourth-order valence-electron chi connectivity index (χ4n) is 2.33. The number of benzene rings is 1. The molecule has 2 aromatic rings. The summed E-state index contributed by atoms with van der Waals surface area (Å²) in [5.74, 6) is -1.92. The van der Waals surface area contributed by atoms with E-state index in [1.54, 1.807) is 31.2 Å². The second-order valence-corrected chi connectivity index (χ2v) is 4.79. The first-order chi connectivity index (χ1) is 10.5. The maximum Gasteiger partial charge on any atom is 0.352 e. The van der Waals surface area contributed by atoms with Crippen molar-refractivity contribution in [1.82, 2.24) is 4.98 Å². The zero-order valence-electron chi connectivity index (χ0n) is 11.9. The fourth-order valence-corrected chi connectivity index (χ4v) is 2.33. The van der Waals surface area contributed by atoms with E-state index in [9.17, 15) is 24.9 Å². The van der Waals surface area contributed by atoms with Crippen molar-refractivity contribution in [2.24, 2.45) is 0 Å². The van der Waals surface area contributed by atoms with Crippen LogP contribution in [-0.2, 0) is 9.53 Å². The molecule has 22 heavy (non-hydrogen) atoms. The third-order valence-corrected chi connectivity index (χ3v) is 3.30.